The summed E-state index contributed by atoms with van der Waals surface area (Å²) in [5.41, 5.74) is -0.0541. The van der Waals surface area contributed by atoms with Crippen LogP contribution in [-0.2, 0) is 6.18 Å². The average molecular weight is 501 g/mol. The van der Waals surface area contributed by atoms with E-state index in [9.17, 15) is 23.2 Å². The fourth-order valence-electron chi connectivity index (χ4n) is 3.67. The van der Waals surface area contributed by atoms with Gasteiger partial charge >= 0.3 is 11.9 Å². The van der Waals surface area contributed by atoms with Gasteiger partial charge in [0.05, 0.1) is 28.8 Å². The Kier molecular flexibility index (Phi) is 5.15. The number of hydrogen-bond acceptors (Lipinski definition) is 5. The molecule has 0 saturated heterocycles. The van der Waals surface area contributed by atoms with Gasteiger partial charge in [-0.25, -0.2) is 14.5 Å². The van der Waals surface area contributed by atoms with Crippen molar-refractivity contribution in [1.29, 1.82) is 10.5 Å². The Morgan fingerprint density at radius 1 is 1.16 bits per heavy atom. The van der Waals surface area contributed by atoms with E-state index in [2.05, 4.69) is 32.2 Å². The first-order chi connectivity index (χ1) is 15.2. The normalized spacial score (nSPS) is 15.8. The highest BCUT2D eigenvalue weighted by atomic mass is 79.9. The van der Waals surface area contributed by atoms with Crippen molar-refractivity contribution in [2.45, 2.75) is 19.1 Å². The van der Waals surface area contributed by atoms with E-state index in [0.29, 0.717) is 21.3 Å². The van der Waals surface area contributed by atoms with Gasteiger partial charge in [-0.3, -0.25) is 4.90 Å². The minimum absolute atomic E-state index is 0.0343. The van der Waals surface area contributed by atoms with E-state index in [1.165, 1.54) is 21.6 Å². The Bertz CT molecular complexity index is 1410. The predicted molar refractivity (Wildman–Crippen MR) is 112 cm³/mol. The molecule has 32 heavy (non-hydrogen) atoms. The Morgan fingerprint density at radius 3 is 2.53 bits per heavy atom. The SMILES string of the molecule is CC1=C(C#N)C(c2ccc(C#N)cc2Br)n2c(n[nH]c2=O)N1c1cccc(C(F)(F)F)c1. The van der Waals surface area contributed by atoms with Crippen LogP contribution >= 0.6 is 15.9 Å². The topological polar surface area (TPSA) is 101 Å². The number of allylic oxidation sites excluding steroid dienone is 2. The second kappa shape index (κ2) is 7.70. The summed E-state index contributed by atoms with van der Waals surface area (Å²) in [6, 6.07) is 12.5. The van der Waals surface area contributed by atoms with Crippen LogP contribution in [0.2, 0.25) is 0 Å². The maximum Gasteiger partial charge on any atom is 0.416 e. The largest absolute Gasteiger partial charge is 0.416 e. The summed E-state index contributed by atoms with van der Waals surface area (Å²) >= 11 is 3.39. The van der Waals surface area contributed by atoms with E-state index in [-0.39, 0.29) is 17.2 Å². The zero-order valence-electron chi connectivity index (χ0n) is 16.3. The van der Waals surface area contributed by atoms with E-state index in [1.54, 1.807) is 25.1 Å². The van der Waals surface area contributed by atoms with Gasteiger partial charge in [0.15, 0.2) is 0 Å². The van der Waals surface area contributed by atoms with Crippen LogP contribution in [0.3, 0.4) is 0 Å². The molecule has 11 heteroatoms. The van der Waals surface area contributed by atoms with Crippen LogP contribution in [0.5, 0.6) is 0 Å². The van der Waals surface area contributed by atoms with E-state index in [4.69, 9.17) is 5.26 Å². The quantitative estimate of drug-likeness (QED) is 0.546. The lowest BCUT2D eigenvalue weighted by molar-refractivity contribution is -0.137. The van der Waals surface area contributed by atoms with Gasteiger partial charge in [0.1, 0.15) is 6.04 Å². The number of alkyl halides is 3. The molecular weight excluding hydrogens is 489 g/mol. The van der Waals surface area contributed by atoms with Crippen LogP contribution in [0.15, 0.2) is 63.0 Å². The molecule has 0 bridgehead atoms. The third-order valence-corrected chi connectivity index (χ3v) is 5.81. The number of H-pyrrole nitrogens is 1. The molecule has 0 aliphatic carbocycles. The van der Waals surface area contributed by atoms with Crippen LogP contribution in [-0.4, -0.2) is 14.8 Å². The number of nitriles is 2. The zero-order valence-corrected chi connectivity index (χ0v) is 17.9. The number of nitrogens with one attached hydrogen (secondary N) is 1. The van der Waals surface area contributed by atoms with Crippen molar-refractivity contribution < 1.29 is 13.2 Å². The molecule has 4 rings (SSSR count). The Hall–Kier alpha value is -3.83. The standard InChI is InChI=1S/C21H12BrF3N6O/c1-11-16(10-27)18(15-6-5-12(9-26)7-17(15)22)31-19(28-29-20(31)32)30(11)14-4-2-3-13(8-14)21(23,24)25/h2-8,18H,1H3,(H,29,32). The van der Waals surface area contributed by atoms with Crippen molar-refractivity contribution in [3.63, 3.8) is 0 Å². The summed E-state index contributed by atoms with van der Waals surface area (Å²) in [5, 5.41) is 25.4. The van der Waals surface area contributed by atoms with Gasteiger partial charge < -0.3 is 0 Å². The van der Waals surface area contributed by atoms with Crippen molar-refractivity contribution in [2.75, 3.05) is 4.90 Å². The number of nitrogens with zero attached hydrogens (tertiary/aromatic N) is 5. The van der Waals surface area contributed by atoms with Crippen molar-refractivity contribution in [1.82, 2.24) is 14.8 Å². The highest BCUT2D eigenvalue weighted by Gasteiger charge is 2.38. The van der Waals surface area contributed by atoms with Gasteiger partial charge in [0.2, 0.25) is 5.95 Å². The van der Waals surface area contributed by atoms with Crippen LogP contribution in [0.25, 0.3) is 0 Å². The van der Waals surface area contributed by atoms with Gasteiger partial charge in [-0.2, -0.15) is 23.7 Å². The third kappa shape index (κ3) is 3.37. The molecule has 1 aromatic heterocycles. The minimum atomic E-state index is -4.57. The van der Waals surface area contributed by atoms with Crippen molar-refractivity contribution in [2.24, 2.45) is 0 Å². The number of aromatic amines is 1. The first-order valence-electron chi connectivity index (χ1n) is 9.12. The number of benzene rings is 2. The lowest BCUT2D eigenvalue weighted by Crippen LogP contribution is -2.35. The van der Waals surface area contributed by atoms with Crippen LogP contribution in [0, 0.1) is 22.7 Å². The molecule has 2 heterocycles. The van der Waals surface area contributed by atoms with Crippen molar-refractivity contribution in [3.8, 4) is 12.1 Å². The van der Waals surface area contributed by atoms with E-state index in [0.717, 1.165) is 12.1 Å². The summed E-state index contributed by atoms with van der Waals surface area (Å²) in [4.78, 5) is 14.0. The molecule has 0 amide bonds. The number of rotatable bonds is 2. The van der Waals surface area contributed by atoms with Gasteiger partial charge in [-0.05, 0) is 42.8 Å². The summed E-state index contributed by atoms with van der Waals surface area (Å²) in [7, 11) is 0. The predicted octanol–water partition coefficient (Wildman–Crippen LogP) is 4.76. The maximum absolute atomic E-state index is 13.3. The minimum Gasteiger partial charge on any atom is -0.282 e. The first kappa shape index (κ1) is 21.4. The van der Waals surface area contributed by atoms with E-state index in [1.807, 2.05) is 6.07 Å². The molecule has 2 aromatic carbocycles. The summed E-state index contributed by atoms with van der Waals surface area (Å²) < 4.78 is 41.5. The highest BCUT2D eigenvalue weighted by Crippen LogP contribution is 2.43. The lowest BCUT2D eigenvalue weighted by Gasteiger charge is -2.34. The molecule has 1 aliphatic rings. The van der Waals surface area contributed by atoms with Gasteiger partial charge in [-0.1, -0.05) is 28.1 Å². The van der Waals surface area contributed by atoms with Gasteiger partial charge in [0, 0.05) is 15.9 Å². The summed E-state index contributed by atoms with van der Waals surface area (Å²) in [6.07, 6.45) is -4.57. The molecule has 7 nitrogen and oxygen atoms in total. The maximum atomic E-state index is 13.3. The van der Waals surface area contributed by atoms with Crippen molar-refractivity contribution in [3.05, 3.63) is 85.4 Å². The molecule has 1 aliphatic heterocycles. The average Bonchev–Trinajstić information content (AvgIpc) is 3.13. The molecule has 0 radical (unpaired) electrons. The Labute approximate surface area is 187 Å². The van der Waals surface area contributed by atoms with E-state index < -0.39 is 23.5 Å². The molecule has 0 spiro atoms. The van der Waals surface area contributed by atoms with Crippen LogP contribution in [0.1, 0.15) is 29.7 Å². The number of hydrogen-bond donors (Lipinski definition) is 1. The Morgan fingerprint density at radius 2 is 1.91 bits per heavy atom. The third-order valence-electron chi connectivity index (χ3n) is 5.12. The number of halogens is 4. The molecular formula is C21H12BrF3N6O. The molecule has 0 fully saturated rings. The van der Waals surface area contributed by atoms with Crippen LogP contribution < -0.4 is 10.6 Å². The smallest absolute Gasteiger partial charge is 0.282 e. The zero-order chi connectivity index (χ0) is 23.2. The fourth-order valence-corrected chi connectivity index (χ4v) is 4.27. The molecule has 1 N–H and O–H groups in total. The molecule has 1 unspecified atom stereocenters. The molecule has 1 atom stereocenters. The number of fused-ring (bicyclic) bond motifs is 1. The lowest BCUT2D eigenvalue weighted by atomic mass is 9.94. The number of anilines is 2. The molecule has 3 aromatic rings. The first-order valence-corrected chi connectivity index (χ1v) is 9.91. The fraction of sp³-hybridized carbons (Fsp3) is 0.143. The highest BCUT2D eigenvalue weighted by molar-refractivity contribution is 9.10. The van der Waals surface area contributed by atoms with Gasteiger partial charge in [-0.15, -0.1) is 5.10 Å². The molecule has 0 saturated carbocycles. The summed E-state index contributed by atoms with van der Waals surface area (Å²) in [6.45, 7) is 1.58. The Balaban J connectivity index is 1.97. The second-order valence-corrected chi connectivity index (χ2v) is 7.80. The molecule has 160 valence electrons. The second-order valence-electron chi connectivity index (χ2n) is 6.94. The van der Waals surface area contributed by atoms with Crippen LogP contribution in [0.4, 0.5) is 24.8 Å². The monoisotopic (exact) mass is 500 g/mol. The van der Waals surface area contributed by atoms with Gasteiger partial charge in [0.25, 0.3) is 0 Å². The van der Waals surface area contributed by atoms with Crippen molar-refractivity contribution >= 4 is 27.6 Å². The summed E-state index contributed by atoms with van der Waals surface area (Å²) in [5.74, 6) is 0.0343. The van der Waals surface area contributed by atoms with E-state index >= 15 is 0 Å². The number of aromatic nitrogens is 3.